The summed E-state index contributed by atoms with van der Waals surface area (Å²) in [5, 5.41) is 3.23. The summed E-state index contributed by atoms with van der Waals surface area (Å²) in [5.41, 5.74) is 1.14. The van der Waals surface area contributed by atoms with Crippen LogP contribution in [0.1, 0.15) is 5.56 Å². The van der Waals surface area contributed by atoms with Crippen LogP contribution in [0.2, 0.25) is 0 Å². The summed E-state index contributed by atoms with van der Waals surface area (Å²) < 4.78 is 0. The second-order valence-corrected chi connectivity index (χ2v) is 4.20. The molecule has 1 heterocycles. The minimum Gasteiger partial charge on any atom is -0.337 e. The SMILES string of the molecule is O=C(/C=C/C=C/c1ccccc1)N1CCNCC1. The maximum Gasteiger partial charge on any atom is 0.246 e. The van der Waals surface area contributed by atoms with Gasteiger partial charge in [-0.2, -0.15) is 0 Å². The number of hydrogen-bond acceptors (Lipinski definition) is 2. The van der Waals surface area contributed by atoms with Crippen LogP contribution >= 0.6 is 0 Å². The van der Waals surface area contributed by atoms with E-state index in [-0.39, 0.29) is 5.91 Å². The standard InChI is InChI=1S/C15H18N2O/c18-15(17-12-10-16-11-13-17)9-5-4-8-14-6-2-1-3-7-14/h1-9,16H,10-13H2/b8-4+,9-5+. The third-order valence-corrected chi connectivity index (χ3v) is 2.87. The summed E-state index contributed by atoms with van der Waals surface area (Å²) in [5.74, 6) is 0.0919. The van der Waals surface area contributed by atoms with E-state index in [4.69, 9.17) is 0 Å². The van der Waals surface area contributed by atoms with E-state index >= 15 is 0 Å². The molecule has 1 saturated heterocycles. The van der Waals surface area contributed by atoms with Gasteiger partial charge in [0.25, 0.3) is 0 Å². The third kappa shape index (κ3) is 3.86. The van der Waals surface area contributed by atoms with Crippen molar-refractivity contribution >= 4 is 12.0 Å². The van der Waals surface area contributed by atoms with Crippen molar-refractivity contribution in [3.63, 3.8) is 0 Å². The molecule has 2 rings (SSSR count). The van der Waals surface area contributed by atoms with Gasteiger partial charge in [-0.1, -0.05) is 48.6 Å². The van der Waals surface area contributed by atoms with Crippen molar-refractivity contribution in [3.05, 3.63) is 54.1 Å². The van der Waals surface area contributed by atoms with Crippen molar-refractivity contribution in [2.45, 2.75) is 0 Å². The molecule has 1 fully saturated rings. The monoisotopic (exact) mass is 242 g/mol. The molecule has 0 aliphatic carbocycles. The summed E-state index contributed by atoms with van der Waals surface area (Å²) in [6.45, 7) is 3.37. The Morgan fingerprint density at radius 1 is 1.11 bits per heavy atom. The summed E-state index contributed by atoms with van der Waals surface area (Å²) in [4.78, 5) is 13.7. The van der Waals surface area contributed by atoms with Gasteiger partial charge in [0.15, 0.2) is 0 Å². The quantitative estimate of drug-likeness (QED) is 0.646. The first-order valence-electron chi connectivity index (χ1n) is 6.26. The molecule has 0 aromatic heterocycles. The predicted molar refractivity (Wildman–Crippen MR) is 74.1 cm³/mol. The van der Waals surface area contributed by atoms with Crippen molar-refractivity contribution < 1.29 is 4.79 Å². The molecule has 1 aliphatic rings. The van der Waals surface area contributed by atoms with Gasteiger partial charge < -0.3 is 10.2 Å². The number of carbonyl (C=O) groups is 1. The van der Waals surface area contributed by atoms with Gasteiger partial charge in [0.05, 0.1) is 0 Å². The lowest BCUT2D eigenvalue weighted by Crippen LogP contribution is -2.45. The highest BCUT2D eigenvalue weighted by molar-refractivity contribution is 5.88. The molecule has 0 bridgehead atoms. The normalized spacial score (nSPS) is 16.6. The molecule has 0 atom stereocenters. The lowest BCUT2D eigenvalue weighted by molar-refractivity contribution is -0.126. The second kappa shape index (κ2) is 6.77. The van der Waals surface area contributed by atoms with Crippen molar-refractivity contribution in [2.24, 2.45) is 0 Å². The molecule has 3 nitrogen and oxygen atoms in total. The number of carbonyl (C=O) groups excluding carboxylic acids is 1. The van der Waals surface area contributed by atoms with E-state index < -0.39 is 0 Å². The average Bonchev–Trinajstić information content (AvgIpc) is 2.45. The molecule has 3 heteroatoms. The summed E-state index contributed by atoms with van der Waals surface area (Å²) in [6, 6.07) is 10.0. The molecule has 0 spiro atoms. The number of benzene rings is 1. The van der Waals surface area contributed by atoms with E-state index in [0.717, 1.165) is 31.7 Å². The van der Waals surface area contributed by atoms with Gasteiger partial charge in [-0.15, -0.1) is 0 Å². The summed E-state index contributed by atoms with van der Waals surface area (Å²) in [7, 11) is 0. The highest BCUT2D eigenvalue weighted by atomic mass is 16.2. The first-order chi connectivity index (χ1) is 8.86. The van der Waals surface area contributed by atoms with Gasteiger partial charge in [0.1, 0.15) is 0 Å². The van der Waals surface area contributed by atoms with Crippen molar-refractivity contribution in [3.8, 4) is 0 Å². The number of rotatable bonds is 3. The van der Waals surface area contributed by atoms with Crippen LogP contribution in [0.5, 0.6) is 0 Å². The highest BCUT2D eigenvalue weighted by Gasteiger charge is 2.12. The molecular formula is C15H18N2O. The first kappa shape index (κ1) is 12.6. The van der Waals surface area contributed by atoms with Gasteiger partial charge in [-0.3, -0.25) is 4.79 Å². The Labute approximate surface area is 108 Å². The van der Waals surface area contributed by atoms with Gasteiger partial charge in [-0.25, -0.2) is 0 Å². The zero-order valence-electron chi connectivity index (χ0n) is 10.4. The number of nitrogens with zero attached hydrogens (tertiary/aromatic N) is 1. The molecule has 0 unspecified atom stereocenters. The van der Waals surface area contributed by atoms with E-state index in [1.54, 1.807) is 12.2 Å². The van der Waals surface area contributed by atoms with E-state index in [9.17, 15) is 4.79 Å². The Kier molecular flexibility index (Phi) is 4.73. The van der Waals surface area contributed by atoms with E-state index in [1.807, 2.05) is 47.4 Å². The lowest BCUT2D eigenvalue weighted by atomic mass is 10.2. The van der Waals surface area contributed by atoms with E-state index in [1.165, 1.54) is 0 Å². The van der Waals surface area contributed by atoms with Crippen LogP contribution in [-0.2, 0) is 4.79 Å². The molecule has 1 aromatic carbocycles. The zero-order chi connectivity index (χ0) is 12.6. The topological polar surface area (TPSA) is 32.3 Å². The Morgan fingerprint density at radius 3 is 2.56 bits per heavy atom. The number of hydrogen-bond donors (Lipinski definition) is 1. The fourth-order valence-electron chi connectivity index (χ4n) is 1.86. The van der Waals surface area contributed by atoms with Gasteiger partial charge >= 0.3 is 0 Å². The van der Waals surface area contributed by atoms with E-state index in [2.05, 4.69) is 5.32 Å². The largest absolute Gasteiger partial charge is 0.337 e. The maximum absolute atomic E-state index is 11.8. The fourth-order valence-corrected chi connectivity index (χ4v) is 1.86. The highest BCUT2D eigenvalue weighted by Crippen LogP contribution is 2.01. The Morgan fingerprint density at radius 2 is 1.83 bits per heavy atom. The zero-order valence-corrected chi connectivity index (χ0v) is 10.4. The fraction of sp³-hybridized carbons (Fsp3) is 0.267. The van der Waals surface area contributed by atoms with Crippen molar-refractivity contribution in [2.75, 3.05) is 26.2 Å². The number of allylic oxidation sites excluding steroid dienone is 2. The van der Waals surface area contributed by atoms with Crippen LogP contribution < -0.4 is 5.32 Å². The Bertz CT molecular complexity index is 431. The molecule has 0 saturated carbocycles. The van der Waals surface area contributed by atoms with Crippen molar-refractivity contribution in [1.82, 2.24) is 10.2 Å². The van der Waals surface area contributed by atoms with Crippen molar-refractivity contribution in [1.29, 1.82) is 0 Å². The van der Waals surface area contributed by atoms with Gasteiger partial charge in [0, 0.05) is 32.3 Å². The van der Waals surface area contributed by atoms with Crippen LogP contribution in [0.3, 0.4) is 0 Å². The van der Waals surface area contributed by atoms with Crippen LogP contribution in [0, 0.1) is 0 Å². The molecule has 94 valence electrons. The summed E-state index contributed by atoms with van der Waals surface area (Å²) in [6.07, 6.45) is 7.32. The maximum atomic E-state index is 11.8. The van der Waals surface area contributed by atoms with Crippen LogP contribution in [0.4, 0.5) is 0 Å². The average molecular weight is 242 g/mol. The second-order valence-electron chi connectivity index (χ2n) is 4.20. The van der Waals surface area contributed by atoms with Crippen LogP contribution in [0.15, 0.2) is 48.6 Å². The molecule has 1 N–H and O–H groups in total. The van der Waals surface area contributed by atoms with Gasteiger partial charge in [-0.05, 0) is 5.56 Å². The van der Waals surface area contributed by atoms with Crippen LogP contribution in [-0.4, -0.2) is 37.0 Å². The van der Waals surface area contributed by atoms with E-state index in [0.29, 0.717) is 0 Å². The smallest absolute Gasteiger partial charge is 0.246 e. The molecular weight excluding hydrogens is 224 g/mol. The molecule has 1 aromatic rings. The number of nitrogens with one attached hydrogen (secondary N) is 1. The first-order valence-corrected chi connectivity index (χ1v) is 6.26. The molecule has 1 amide bonds. The minimum atomic E-state index is 0.0919. The third-order valence-electron chi connectivity index (χ3n) is 2.87. The molecule has 0 radical (unpaired) electrons. The predicted octanol–water partition coefficient (Wildman–Crippen LogP) is 1.69. The minimum absolute atomic E-state index is 0.0919. The summed E-state index contributed by atoms with van der Waals surface area (Å²) >= 11 is 0. The molecule has 1 aliphatic heterocycles. The number of piperazine rings is 1. The lowest BCUT2D eigenvalue weighted by Gasteiger charge is -2.26. The van der Waals surface area contributed by atoms with Crippen LogP contribution in [0.25, 0.3) is 6.08 Å². The Balaban J connectivity index is 1.83. The van der Waals surface area contributed by atoms with Gasteiger partial charge in [0.2, 0.25) is 5.91 Å². The molecule has 18 heavy (non-hydrogen) atoms. The number of amides is 1. The Hall–Kier alpha value is -1.87.